The zero-order valence-corrected chi connectivity index (χ0v) is 10.7. The van der Waals surface area contributed by atoms with Gasteiger partial charge in [0.1, 0.15) is 0 Å². The van der Waals surface area contributed by atoms with Gasteiger partial charge in [0.05, 0.1) is 11.9 Å². The third kappa shape index (κ3) is 2.48. The van der Waals surface area contributed by atoms with Gasteiger partial charge in [-0.2, -0.15) is 0 Å². The smallest absolute Gasteiger partial charge is 0.231 e. The molecule has 0 amide bonds. The normalized spacial score (nSPS) is 11.4. The molecule has 0 fully saturated rings. The number of aryl methyl sites for hydroxylation is 1. The largest absolute Gasteiger partial charge is 0.274 e. The summed E-state index contributed by atoms with van der Waals surface area (Å²) in [6, 6.07) is 5.43. The van der Waals surface area contributed by atoms with Gasteiger partial charge in [-0.25, -0.2) is 8.42 Å². The van der Waals surface area contributed by atoms with Crippen LogP contribution in [-0.4, -0.2) is 21.7 Å². The number of benzene rings is 1. The summed E-state index contributed by atoms with van der Waals surface area (Å²) in [4.78, 5) is 0. The van der Waals surface area contributed by atoms with Gasteiger partial charge >= 0.3 is 0 Å². The predicted octanol–water partition coefficient (Wildman–Crippen LogP) is 2.15. The lowest BCUT2D eigenvalue weighted by atomic mass is 10.2. The molecule has 0 aliphatic rings. The molecule has 1 aromatic carbocycles. The minimum absolute atomic E-state index is 0.674. The van der Waals surface area contributed by atoms with Crippen LogP contribution in [-0.2, 0) is 10.0 Å². The van der Waals surface area contributed by atoms with Crippen molar-refractivity contribution in [2.45, 2.75) is 6.92 Å². The molecule has 0 bridgehead atoms. The number of hydrogen-bond donors (Lipinski definition) is 0. The second-order valence-corrected chi connectivity index (χ2v) is 6.03. The summed E-state index contributed by atoms with van der Waals surface area (Å²) in [5.41, 5.74) is 1.69. The van der Waals surface area contributed by atoms with Gasteiger partial charge in [0.2, 0.25) is 10.0 Å². The second-order valence-electron chi connectivity index (χ2n) is 3.16. The molecule has 0 aliphatic carbocycles. The van der Waals surface area contributed by atoms with Gasteiger partial charge < -0.3 is 0 Å². The molecule has 1 rings (SSSR count). The van der Waals surface area contributed by atoms with Crippen LogP contribution in [0, 0.1) is 6.92 Å². The van der Waals surface area contributed by atoms with Crippen LogP contribution in [0.15, 0.2) is 22.7 Å². The van der Waals surface area contributed by atoms with Gasteiger partial charge in [-0.1, -0.05) is 15.9 Å². The van der Waals surface area contributed by atoms with Crippen molar-refractivity contribution in [1.82, 2.24) is 0 Å². The maximum Gasteiger partial charge on any atom is 0.231 e. The zero-order chi connectivity index (χ0) is 10.9. The second kappa shape index (κ2) is 3.90. The summed E-state index contributed by atoms with van der Waals surface area (Å²) in [5, 5.41) is 0. The van der Waals surface area contributed by atoms with Crippen molar-refractivity contribution in [1.29, 1.82) is 0 Å². The van der Waals surface area contributed by atoms with Crippen molar-refractivity contribution in [3.05, 3.63) is 28.2 Å². The average molecular weight is 278 g/mol. The maximum atomic E-state index is 11.2. The Balaban J connectivity index is 3.16. The van der Waals surface area contributed by atoms with E-state index in [2.05, 4.69) is 15.9 Å². The van der Waals surface area contributed by atoms with Crippen LogP contribution in [0.4, 0.5) is 5.69 Å². The molecule has 1 aromatic rings. The van der Waals surface area contributed by atoms with Crippen LogP contribution in [0.1, 0.15) is 5.56 Å². The fraction of sp³-hybridized carbons (Fsp3) is 0.333. The van der Waals surface area contributed by atoms with Gasteiger partial charge in [0.15, 0.2) is 0 Å². The van der Waals surface area contributed by atoms with Crippen molar-refractivity contribution < 1.29 is 8.42 Å². The molecule has 5 heteroatoms. The fourth-order valence-electron chi connectivity index (χ4n) is 1.02. The number of rotatable bonds is 2. The van der Waals surface area contributed by atoms with Crippen LogP contribution in [0.25, 0.3) is 0 Å². The fourth-order valence-corrected chi connectivity index (χ4v) is 1.76. The van der Waals surface area contributed by atoms with Crippen molar-refractivity contribution in [3.8, 4) is 0 Å². The molecule has 0 aliphatic heterocycles. The number of halogens is 1. The topological polar surface area (TPSA) is 37.4 Å². The molecule has 3 nitrogen and oxygen atoms in total. The van der Waals surface area contributed by atoms with E-state index in [-0.39, 0.29) is 0 Å². The highest BCUT2D eigenvalue weighted by molar-refractivity contribution is 9.10. The first kappa shape index (κ1) is 11.5. The molecule has 78 valence electrons. The molecule has 0 atom stereocenters. The van der Waals surface area contributed by atoms with E-state index in [1.807, 2.05) is 19.1 Å². The maximum absolute atomic E-state index is 11.2. The quantitative estimate of drug-likeness (QED) is 0.831. The van der Waals surface area contributed by atoms with E-state index in [1.54, 1.807) is 6.07 Å². The summed E-state index contributed by atoms with van der Waals surface area (Å²) >= 11 is 3.36. The van der Waals surface area contributed by atoms with E-state index in [1.165, 1.54) is 17.6 Å². The Bertz CT molecular complexity index is 442. The standard InChI is InChI=1S/C9H12BrNO2S/c1-7-6-8(4-5-9(7)10)11(2)14(3,12)13/h4-6H,1-3H3. The lowest BCUT2D eigenvalue weighted by Crippen LogP contribution is -2.24. The average Bonchev–Trinajstić information content (AvgIpc) is 2.07. The van der Waals surface area contributed by atoms with Gasteiger partial charge in [0, 0.05) is 11.5 Å². The number of anilines is 1. The van der Waals surface area contributed by atoms with Crippen molar-refractivity contribution >= 4 is 31.6 Å². The SMILES string of the molecule is Cc1cc(N(C)S(C)(=O)=O)ccc1Br. The Kier molecular flexibility index (Phi) is 3.21. The first-order chi connectivity index (χ1) is 6.32. The van der Waals surface area contributed by atoms with Crippen LogP contribution in [0.5, 0.6) is 0 Å². The molecule has 0 aromatic heterocycles. The highest BCUT2D eigenvalue weighted by Gasteiger charge is 2.11. The molecule has 0 radical (unpaired) electrons. The van der Waals surface area contributed by atoms with Gasteiger partial charge in [-0.05, 0) is 30.7 Å². The van der Waals surface area contributed by atoms with E-state index in [4.69, 9.17) is 0 Å². The third-order valence-corrected chi connectivity index (χ3v) is 4.10. The highest BCUT2D eigenvalue weighted by atomic mass is 79.9. The first-order valence-electron chi connectivity index (χ1n) is 4.02. The van der Waals surface area contributed by atoms with Crippen molar-refractivity contribution in [3.63, 3.8) is 0 Å². The minimum Gasteiger partial charge on any atom is -0.274 e. The monoisotopic (exact) mass is 277 g/mol. The molecule has 14 heavy (non-hydrogen) atoms. The summed E-state index contributed by atoms with van der Waals surface area (Å²) < 4.78 is 24.7. The summed E-state index contributed by atoms with van der Waals surface area (Å²) in [6.45, 7) is 1.92. The summed E-state index contributed by atoms with van der Waals surface area (Å²) in [6.07, 6.45) is 1.18. The molecule has 0 saturated heterocycles. The van der Waals surface area contributed by atoms with Gasteiger partial charge in [-0.3, -0.25) is 4.31 Å². The molecular weight excluding hydrogens is 266 g/mol. The zero-order valence-electron chi connectivity index (χ0n) is 8.28. The Hall–Kier alpha value is -0.550. The molecule has 0 heterocycles. The van der Waals surface area contributed by atoms with E-state index < -0.39 is 10.0 Å². The van der Waals surface area contributed by atoms with Crippen LogP contribution in [0.2, 0.25) is 0 Å². The Morgan fingerprint density at radius 2 is 1.93 bits per heavy atom. The first-order valence-corrected chi connectivity index (χ1v) is 6.66. The Morgan fingerprint density at radius 1 is 1.36 bits per heavy atom. The van der Waals surface area contributed by atoms with Crippen LogP contribution < -0.4 is 4.31 Å². The third-order valence-electron chi connectivity index (χ3n) is 2.00. The van der Waals surface area contributed by atoms with E-state index in [9.17, 15) is 8.42 Å². The van der Waals surface area contributed by atoms with E-state index >= 15 is 0 Å². The lowest BCUT2D eigenvalue weighted by Gasteiger charge is -2.17. The minimum atomic E-state index is -3.17. The lowest BCUT2D eigenvalue weighted by molar-refractivity contribution is 0.600. The highest BCUT2D eigenvalue weighted by Crippen LogP contribution is 2.23. The summed E-state index contributed by atoms with van der Waals surface area (Å²) in [5.74, 6) is 0. The van der Waals surface area contributed by atoms with Gasteiger partial charge in [0.25, 0.3) is 0 Å². The van der Waals surface area contributed by atoms with Crippen LogP contribution >= 0.6 is 15.9 Å². The predicted molar refractivity (Wildman–Crippen MR) is 62.1 cm³/mol. The number of hydrogen-bond acceptors (Lipinski definition) is 2. The van der Waals surface area contributed by atoms with Gasteiger partial charge in [-0.15, -0.1) is 0 Å². The summed E-state index contributed by atoms with van der Waals surface area (Å²) in [7, 11) is -1.63. The Labute approximate surface area is 92.9 Å². The molecule has 0 unspecified atom stereocenters. The number of sulfonamides is 1. The molecule has 0 saturated carbocycles. The molecule has 0 N–H and O–H groups in total. The van der Waals surface area contributed by atoms with Crippen LogP contribution in [0.3, 0.4) is 0 Å². The van der Waals surface area contributed by atoms with E-state index in [0.717, 1.165) is 10.0 Å². The Morgan fingerprint density at radius 3 is 2.36 bits per heavy atom. The van der Waals surface area contributed by atoms with E-state index in [0.29, 0.717) is 5.69 Å². The van der Waals surface area contributed by atoms with Crippen molar-refractivity contribution in [2.75, 3.05) is 17.6 Å². The molecule has 0 spiro atoms. The number of nitrogens with zero attached hydrogens (tertiary/aromatic N) is 1. The van der Waals surface area contributed by atoms with Crippen molar-refractivity contribution in [2.24, 2.45) is 0 Å². The molecular formula is C9H12BrNO2S.